The summed E-state index contributed by atoms with van der Waals surface area (Å²) in [5.41, 5.74) is 5.59. The van der Waals surface area contributed by atoms with E-state index in [0.717, 1.165) is 24.2 Å². The number of pyridine rings is 1. The molecule has 6 heteroatoms. The van der Waals surface area contributed by atoms with Crippen LogP contribution in [-0.2, 0) is 0 Å². The lowest BCUT2D eigenvalue weighted by atomic mass is 10.0. The largest absolute Gasteiger partial charge is 0.507 e. The topological polar surface area (TPSA) is 83.8 Å². The van der Waals surface area contributed by atoms with Crippen molar-refractivity contribution >= 4 is 23.0 Å². The summed E-state index contributed by atoms with van der Waals surface area (Å²) >= 11 is 0. The number of hydrazone groups is 1. The molecule has 1 amide bonds. The molecule has 0 radical (unpaired) electrons. The molecule has 0 spiro atoms. The van der Waals surface area contributed by atoms with Gasteiger partial charge < -0.3 is 9.84 Å². The number of aromatic nitrogens is 1. The van der Waals surface area contributed by atoms with E-state index in [4.69, 9.17) is 4.74 Å². The molecular formula is C27H25N3O3. The highest BCUT2D eigenvalue weighted by atomic mass is 16.5. The molecule has 0 atom stereocenters. The van der Waals surface area contributed by atoms with Crippen LogP contribution in [0.4, 0.5) is 0 Å². The Kier molecular flexibility index (Phi) is 6.95. The van der Waals surface area contributed by atoms with Gasteiger partial charge in [0.2, 0.25) is 0 Å². The number of hydrogen-bond donors (Lipinski definition) is 2. The Morgan fingerprint density at radius 1 is 1.06 bits per heavy atom. The minimum absolute atomic E-state index is 0.104. The van der Waals surface area contributed by atoms with Crippen molar-refractivity contribution in [3.63, 3.8) is 0 Å². The van der Waals surface area contributed by atoms with Crippen LogP contribution in [0.1, 0.15) is 35.7 Å². The van der Waals surface area contributed by atoms with E-state index in [2.05, 4.69) is 22.4 Å². The number of rotatable bonds is 8. The number of nitrogens with one attached hydrogen (secondary N) is 1. The number of nitrogens with zero attached hydrogens (tertiary/aromatic N) is 2. The number of benzene rings is 3. The van der Waals surface area contributed by atoms with Crippen LogP contribution >= 0.6 is 0 Å². The fourth-order valence-corrected chi connectivity index (χ4v) is 3.40. The zero-order chi connectivity index (χ0) is 23.0. The molecular weight excluding hydrogens is 414 g/mol. The number of carbonyl (C=O) groups is 1. The van der Waals surface area contributed by atoms with Crippen molar-refractivity contribution in [1.82, 2.24) is 10.4 Å². The van der Waals surface area contributed by atoms with Gasteiger partial charge in [-0.25, -0.2) is 10.4 Å². The molecule has 0 fully saturated rings. The molecule has 0 saturated heterocycles. The van der Waals surface area contributed by atoms with Gasteiger partial charge in [-0.05, 0) is 60.5 Å². The van der Waals surface area contributed by atoms with E-state index in [1.165, 1.54) is 0 Å². The van der Waals surface area contributed by atoms with Crippen LogP contribution in [0.15, 0.2) is 84.0 Å². The number of aromatic hydroxyl groups is 1. The standard InChI is InChI=1S/C27H25N3O3/c1-2-3-16-33-20-14-12-19(13-15-20)18-28-30-27(32)23-17-25(22-9-5-7-11-26(22)31)29-24-10-6-4-8-21(23)24/h4-15,17-18,31H,2-3,16H2,1H3,(H,30,32)/b28-18+. The number of carbonyl (C=O) groups excluding carboxylic acids is 1. The van der Waals surface area contributed by atoms with Crippen LogP contribution in [0.2, 0.25) is 0 Å². The average Bonchev–Trinajstić information content (AvgIpc) is 2.84. The molecule has 4 aromatic rings. The molecule has 6 nitrogen and oxygen atoms in total. The lowest BCUT2D eigenvalue weighted by Crippen LogP contribution is -2.18. The molecule has 0 aliphatic rings. The summed E-state index contributed by atoms with van der Waals surface area (Å²) in [6.07, 6.45) is 3.69. The summed E-state index contributed by atoms with van der Waals surface area (Å²) < 4.78 is 5.66. The van der Waals surface area contributed by atoms with E-state index < -0.39 is 0 Å². The molecule has 0 unspecified atom stereocenters. The van der Waals surface area contributed by atoms with E-state index in [1.807, 2.05) is 54.6 Å². The number of phenolic OH excluding ortho intramolecular Hbond substituents is 1. The Bertz CT molecular complexity index is 1280. The third-order valence-electron chi connectivity index (χ3n) is 5.17. The molecule has 0 saturated carbocycles. The van der Waals surface area contributed by atoms with Gasteiger partial charge in [0.15, 0.2) is 0 Å². The zero-order valence-corrected chi connectivity index (χ0v) is 18.4. The van der Waals surface area contributed by atoms with E-state index in [0.29, 0.717) is 34.3 Å². The highest BCUT2D eigenvalue weighted by molar-refractivity contribution is 6.07. The summed E-state index contributed by atoms with van der Waals surface area (Å²) in [5.74, 6) is 0.553. The van der Waals surface area contributed by atoms with Gasteiger partial charge in [0, 0.05) is 10.9 Å². The van der Waals surface area contributed by atoms with Gasteiger partial charge in [-0.1, -0.05) is 43.7 Å². The lowest BCUT2D eigenvalue weighted by Gasteiger charge is -2.10. The summed E-state index contributed by atoms with van der Waals surface area (Å²) in [4.78, 5) is 17.6. The van der Waals surface area contributed by atoms with Crippen LogP contribution in [0.3, 0.4) is 0 Å². The van der Waals surface area contributed by atoms with Crippen molar-refractivity contribution in [3.05, 3.63) is 90.0 Å². The highest BCUT2D eigenvalue weighted by Gasteiger charge is 2.15. The highest BCUT2D eigenvalue weighted by Crippen LogP contribution is 2.30. The summed E-state index contributed by atoms with van der Waals surface area (Å²) in [7, 11) is 0. The van der Waals surface area contributed by atoms with E-state index in [9.17, 15) is 9.90 Å². The predicted molar refractivity (Wildman–Crippen MR) is 131 cm³/mol. The Hall–Kier alpha value is -4.19. The van der Waals surface area contributed by atoms with E-state index in [-0.39, 0.29) is 11.7 Å². The summed E-state index contributed by atoms with van der Waals surface area (Å²) in [5, 5.41) is 15.1. The van der Waals surface area contributed by atoms with E-state index >= 15 is 0 Å². The number of para-hydroxylation sites is 2. The van der Waals surface area contributed by atoms with E-state index in [1.54, 1.807) is 30.5 Å². The van der Waals surface area contributed by atoms with Crippen molar-refractivity contribution in [2.24, 2.45) is 5.10 Å². The van der Waals surface area contributed by atoms with Crippen LogP contribution in [0.5, 0.6) is 11.5 Å². The zero-order valence-electron chi connectivity index (χ0n) is 18.4. The number of hydrogen-bond acceptors (Lipinski definition) is 5. The van der Waals surface area contributed by atoms with Gasteiger partial charge >= 0.3 is 0 Å². The third-order valence-corrected chi connectivity index (χ3v) is 5.17. The van der Waals surface area contributed by atoms with Crippen LogP contribution < -0.4 is 10.2 Å². The fraction of sp³-hybridized carbons (Fsp3) is 0.148. The maximum atomic E-state index is 13.0. The second kappa shape index (κ2) is 10.4. The van der Waals surface area contributed by atoms with Gasteiger partial charge in [-0.15, -0.1) is 0 Å². The first-order chi connectivity index (χ1) is 16.2. The molecule has 4 rings (SSSR count). The molecule has 3 aromatic carbocycles. The predicted octanol–water partition coefficient (Wildman–Crippen LogP) is 5.55. The first-order valence-electron chi connectivity index (χ1n) is 10.9. The SMILES string of the molecule is CCCCOc1ccc(/C=N/NC(=O)c2cc(-c3ccccc3O)nc3ccccc23)cc1. The molecule has 0 aliphatic carbocycles. The summed E-state index contributed by atoms with van der Waals surface area (Å²) in [6, 6.07) is 23.5. The minimum atomic E-state index is -0.360. The second-order valence-corrected chi connectivity index (χ2v) is 7.56. The molecule has 1 heterocycles. The van der Waals surface area contributed by atoms with Crippen molar-refractivity contribution in [3.8, 4) is 22.8 Å². The van der Waals surface area contributed by atoms with Crippen molar-refractivity contribution in [1.29, 1.82) is 0 Å². The molecule has 33 heavy (non-hydrogen) atoms. The van der Waals surface area contributed by atoms with Crippen molar-refractivity contribution < 1.29 is 14.6 Å². The Balaban J connectivity index is 1.54. The normalized spacial score (nSPS) is 11.1. The number of ether oxygens (including phenoxy) is 1. The Morgan fingerprint density at radius 3 is 2.61 bits per heavy atom. The van der Waals surface area contributed by atoms with Crippen LogP contribution in [-0.4, -0.2) is 28.8 Å². The van der Waals surface area contributed by atoms with Gasteiger partial charge in [0.25, 0.3) is 5.91 Å². The van der Waals surface area contributed by atoms with Gasteiger partial charge in [0.1, 0.15) is 11.5 Å². The first-order valence-corrected chi connectivity index (χ1v) is 10.9. The third kappa shape index (κ3) is 5.36. The van der Waals surface area contributed by atoms with Gasteiger partial charge in [0.05, 0.1) is 29.6 Å². The maximum absolute atomic E-state index is 13.0. The monoisotopic (exact) mass is 439 g/mol. The summed E-state index contributed by atoms with van der Waals surface area (Å²) in [6.45, 7) is 2.82. The maximum Gasteiger partial charge on any atom is 0.272 e. The van der Waals surface area contributed by atoms with Crippen molar-refractivity contribution in [2.75, 3.05) is 6.61 Å². The Labute approximate surface area is 192 Å². The molecule has 2 N–H and O–H groups in total. The molecule has 1 aromatic heterocycles. The quantitative estimate of drug-likeness (QED) is 0.214. The van der Waals surface area contributed by atoms with Crippen LogP contribution in [0, 0.1) is 0 Å². The molecule has 0 aliphatic heterocycles. The second-order valence-electron chi connectivity index (χ2n) is 7.56. The number of phenols is 1. The van der Waals surface area contributed by atoms with Gasteiger partial charge in [-0.2, -0.15) is 5.10 Å². The minimum Gasteiger partial charge on any atom is -0.507 e. The lowest BCUT2D eigenvalue weighted by molar-refractivity contribution is 0.0956. The average molecular weight is 440 g/mol. The molecule has 0 bridgehead atoms. The van der Waals surface area contributed by atoms with Crippen molar-refractivity contribution in [2.45, 2.75) is 19.8 Å². The van der Waals surface area contributed by atoms with Gasteiger partial charge in [-0.3, -0.25) is 4.79 Å². The number of amides is 1. The Morgan fingerprint density at radius 2 is 1.82 bits per heavy atom. The number of unbranched alkanes of at least 4 members (excludes halogenated alkanes) is 1. The fourth-order valence-electron chi connectivity index (χ4n) is 3.40. The molecule has 166 valence electrons. The smallest absolute Gasteiger partial charge is 0.272 e. The number of fused-ring (bicyclic) bond motifs is 1. The van der Waals surface area contributed by atoms with Crippen LogP contribution in [0.25, 0.3) is 22.2 Å². The first kappa shape index (κ1) is 22.0.